The second kappa shape index (κ2) is 6.80. The minimum Gasteiger partial charge on any atom is -0.496 e. The van der Waals surface area contributed by atoms with Gasteiger partial charge in [-0.25, -0.2) is 0 Å². The number of aryl methyl sites for hydroxylation is 1. The summed E-state index contributed by atoms with van der Waals surface area (Å²) in [5, 5.41) is 3.66. The molecule has 1 aliphatic heterocycles. The number of nitrogens with one attached hydrogen (secondary N) is 1. The van der Waals surface area contributed by atoms with Crippen LogP contribution < -0.4 is 10.1 Å². The number of methoxy groups -OCH3 is 1. The molecule has 21 heavy (non-hydrogen) atoms. The van der Waals surface area contributed by atoms with E-state index in [-0.39, 0.29) is 5.54 Å². The van der Waals surface area contributed by atoms with E-state index in [0.717, 1.165) is 25.4 Å². The molecule has 118 valence electrons. The Morgan fingerprint density at radius 1 is 1.33 bits per heavy atom. The molecule has 0 aromatic heterocycles. The van der Waals surface area contributed by atoms with Crippen LogP contribution in [0.4, 0.5) is 0 Å². The summed E-state index contributed by atoms with van der Waals surface area (Å²) in [6.45, 7) is 12.2. The van der Waals surface area contributed by atoms with Crippen LogP contribution in [-0.4, -0.2) is 36.7 Å². The maximum Gasteiger partial charge on any atom is 0.123 e. The summed E-state index contributed by atoms with van der Waals surface area (Å²) in [5.41, 5.74) is 2.87. The van der Waals surface area contributed by atoms with Crippen molar-refractivity contribution in [3.05, 3.63) is 29.3 Å². The smallest absolute Gasteiger partial charge is 0.123 e. The highest BCUT2D eigenvalue weighted by Gasteiger charge is 2.37. The van der Waals surface area contributed by atoms with Gasteiger partial charge in [-0.15, -0.1) is 0 Å². The molecule has 1 fully saturated rings. The van der Waals surface area contributed by atoms with Crippen LogP contribution in [0.1, 0.15) is 44.7 Å². The first-order chi connectivity index (χ1) is 10.0. The Morgan fingerprint density at radius 3 is 2.67 bits per heavy atom. The summed E-state index contributed by atoms with van der Waals surface area (Å²) in [7, 11) is 1.77. The van der Waals surface area contributed by atoms with E-state index in [2.05, 4.69) is 56.1 Å². The van der Waals surface area contributed by atoms with Crippen molar-refractivity contribution in [2.45, 2.75) is 58.7 Å². The Bertz CT molecular complexity index is 468. The maximum absolute atomic E-state index is 5.56. The van der Waals surface area contributed by atoms with Gasteiger partial charge >= 0.3 is 0 Å². The monoisotopic (exact) mass is 290 g/mol. The maximum atomic E-state index is 5.56. The van der Waals surface area contributed by atoms with E-state index >= 15 is 0 Å². The van der Waals surface area contributed by atoms with Crippen LogP contribution in [0, 0.1) is 6.92 Å². The van der Waals surface area contributed by atoms with Crippen molar-refractivity contribution < 1.29 is 4.74 Å². The number of nitrogens with zero attached hydrogens (tertiary/aromatic N) is 1. The zero-order chi connectivity index (χ0) is 15.5. The van der Waals surface area contributed by atoms with Crippen molar-refractivity contribution in [3.63, 3.8) is 0 Å². The first kappa shape index (κ1) is 16.3. The summed E-state index contributed by atoms with van der Waals surface area (Å²) in [5.74, 6) is 1.01. The van der Waals surface area contributed by atoms with Crippen LogP contribution in [0.25, 0.3) is 0 Å². The number of piperazine rings is 1. The molecule has 3 heteroatoms. The Morgan fingerprint density at radius 2 is 2.05 bits per heavy atom. The molecule has 3 nitrogen and oxygen atoms in total. The van der Waals surface area contributed by atoms with E-state index < -0.39 is 0 Å². The molecule has 1 unspecified atom stereocenters. The van der Waals surface area contributed by atoms with E-state index in [0.29, 0.717) is 6.04 Å². The fourth-order valence-corrected chi connectivity index (χ4v) is 3.48. The van der Waals surface area contributed by atoms with Gasteiger partial charge in [-0.2, -0.15) is 0 Å². The highest BCUT2D eigenvalue weighted by atomic mass is 16.5. The van der Waals surface area contributed by atoms with Crippen LogP contribution in [0.2, 0.25) is 0 Å². The highest BCUT2D eigenvalue weighted by Crippen LogP contribution is 2.31. The molecule has 1 aliphatic rings. The van der Waals surface area contributed by atoms with Crippen LogP contribution in [-0.2, 0) is 6.54 Å². The average molecular weight is 290 g/mol. The lowest BCUT2D eigenvalue weighted by molar-refractivity contribution is 0.0273. The molecule has 0 aliphatic carbocycles. The van der Waals surface area contributed by atoms with Gasteiger partial charge in [0, 0.05) is 36.8 Å². The van der Waals surface area contributed by atoms with Crippen LogP contribution in [0.15, 0.2) is 18.2 Å². The van der Waals surface area contributed by atoms with Gasteiger partial charge in [0.1, 0.15) is 5.75 Å². The normalized spacial score (nSPS) is 22.2. The van der Waals surface area contributed by atoms with Gasteiger partial charge in [0.2, 0.25) is 0 Å². The highest BCUT2D eigenvalue weighted by molar-refractivity contribution is 5.37. The van der Waals surface area contributed by atoms with Gasteiger partial charge in [-0.05, 0) is 32.8 Å². The van der Waals surface area contributed by atoms with Gasteiger partial charge < -0.3 is 10.1 Å². The van der Waals surface area contributed by atoms with Gasteiger partial charge in [0.25, 0.3) is 0 Å². The molecule has 1 saturated heterocycles. The first-order valence-electron chi connectivity index (χ1n) is 8.16. The number of ether oxygens (including phenoxy) is 1. The number of hydrogen-bond donors (Lipinski definition) is 1. The van der Waals surface area contributed by atoms with E-state index in [1.807, 2.05) is 0 Å². The van der Waals surface area contributed by atoms with Crippen LogP contribution >= 0.6 is 0 Å². The Labute approximate surface area is 129 Å². The molecule has 0 amide bonds. The average Bonchev–Trinajstić information content (AvgIpc) is 2.48. The lowest BCUT2D eigenvalue weighted by atomic mass is 9.87. The lowest BCUT2D eigenvalue weighted by Crippen LogP contribution is -2.63. The fourth-order valence-electron chi connectivity index (χ4n) is 3.48. The third-order valence-electron chi connectivity index (χ3n) is 5.06. The molecule has 1 N–H and O–H groups in total. The van der Waals surface area contributed by atoms with Crippen molar-refractivity contribution in [1.29, 1.82) is 0 Å². The first-order valence-corrected chi connectivity index (χ1v) is 8.16. The fraction of sp³-hybridized carbons (Fsp3) is 0.667. The lowest BCUT2D eigenvalue weighted by Gasteiger charge is -2.49. The third-order valence-corrected chi connectivity index (χ3v) is 5.06. The van der Waals surface area contributed by atoms with Crippen molar-refractivity contribution in [1.82, 2.24) is 10.2 Å². The summed E-state index contributed by atoms with van der Waals surface area (Å²) >= 11 is 0. The number of benzene rings is 1. The molecule has 2 rings (SSSR count). The molecular formula is C18H30N2O. The quantitative estimate of drug-likeness (QED) is 0.900. The Hall–Kier alpha value is -1.06. The van der Waals surface area contributed by atoms with Crippen molar-refractivity contribution in [2.24, 2.45) is 0 Å². The largest absolute Gasteiger partial charge is 0.496 e. The SMILES string of the molecule is CCC1(CC)CNC(C)CN1Cc1cc(C)ccc1OC. The zero-order valence-corrected chi connectivity index (χ0v) is 14.2. The van der Waals surface area contributed by atoms with Crippen molar-refractivity contribution >= 4 is 0 Å². The van der Waals surface area contributed by atoms with Gasteiger partial charge in [0.15, 0.2) is 0 Å². The molecular weight excluding hydrogens is 260 g/mol. The number of hydrogen-bond acceptors (Lipinski definition) is 3. The van der Waals surface area contributed by atoms with Crippen LogP contribution in [0.5, 0.6) is 5.75 Å². The molecule has 1 aromatic rings. The summed E-state index contributed by atoms with van der Waals surface area (Å²) in [6.07, 6.45) is 2.36. The minimum absolute atomic E-state index is 0.265. The predicted octanol–water partition coefficient (Wildman–Crippen LogP) is 3.36. The third kappa shape index (κ3) is 3.41. The standard InChI is InChI=1S/C18H30N2O/c1-6-18(7-2)13-19-15(4)11-20(18)12-16-10-14(3)8-9-17(16)21-5/h8-10,15,19H,6-7,11-13H2,1-5H3. The summed E-state index contributed by atoms with van der Waals surface area (Å²) in [4.78, 5) is 2.66. The summed E-state index contributed by atoms with van der Waals surface area (Å²) < 4.78 is 5.56. The molecule has 1 atom stereocenters. The summed E-state index contributed by atoms with van der Waals surface area (Å²) in [6, 6.07) is 7.03. The van der Waals surface area contributed by atoms with Gasteiger partial charge in [-0.1, -0.05) is 31.5 Å². The zero-order valence-electron chi connectivity index (χ0n) is 14.2. The van der Waals surface area contributed by atoms with Crippen LogP contribution in [0.3, 0.4) is 0 Å². The van der Waals surface area contributed by atoms with E-state index in [4.69, 9.17) is 4.74 Å². The second-order valence-electron chi connectivity index (χ2n) is 6.41. The molecule has 0 saturated carbocycles. The Kier molecular flexibility index (Phi) is 5.28. The van der Waals surface area contributed by atoms with Crippen molar-refractivity contribution in [2.75, 3.05) is 20.2 Å². The molecule has 0 spiro atoms. The second-order valence-corrected chi connectivity index (χ2v) is 6.41. The van der Waals surface area contributed by atoms with Gasteiger partial charge in [-0.3, -0.25) is 4.90 Å². The van der Waals surface area contributed by atoms with Gasteiger partial charge in [0.05, 0.1) is 7.11 Å². The molecule has 0 bridgehead atoms. The molecule has 1 heterocycles. The predicted molar refractivity (Wildman–Crippen MR) is 88.9 cm³/mol. The topological polar surface area (TPSA) is 24.5 Å². The molecule has 0 radical (unpaired) electrons. The minimum atomic E-state index is 0.265. The van der Waals surface area contributed by atoms with Crippen molar-refractivity contribution in [3.8, 4) is 5.75 Å². The van der Waals surface area contributed by atoms with E-state index in [1.54, 1.807) is 7.11 Å². The Balaban J connectivity index is 2.28. The molecule has 1 aromatic carbocycles. The van der Waals surface area contributed by atoms with E-state index in [1.165, 1.54) is 24.0 Å². The van der Waals surface area contributed by atoms with E-state index in [9.17, 15) is 0 Å². The number of rotatable bonds is 5.